The Morgan fingerprint density at radius 2 is 1.83 bits per heavy atom. The van der Waals surface area contributed by atoms with Gasteiger partial charge in [0, 0.05) is 5.56 Å². The summed E-state index contributed by atoms with van der Waals surface area (Å²) in [5.41, 5.74) is -0.211. The Labute approximate surface area is 107 Å². The molecule has 0 spiro atoms. The van der Waals surface area contributed by atoms with Crippen LogP contribution in [0.5, 0.6) is 0 Å². The van der Waals surface area contributed by atoms with Crippen molar-refractivity contribution < 1.29 is 14.3 Å². The lowest BCUT2D eigenvalue weighted by Crippen LogP contribution is -2.38. The highest BCUT2D eigenvalue weighted by molar-refractivity contribution is 6.03. The summed E-state index contributed by atoms with van der Waals surface area (Å²) in [4.78, 5) is 12.4. The zero-order chi connectivity index (χ0) is 13.2. The molecule has 0 heterocycles. The van der Waals surface area contributed by atoms with E-state index in [1.807, 2.05) is 0 Å². The molecule has 98 valence electrons. The highest BCUT2D eigenvalue weighted by Gasteiger charge is 2.37. The molecule has 1 aromatic carbocycles. The van der Waals surface area contributed by atoms with E-state index < -0.39 is 5.60 Å². The molecule has 2 nitrogen and oxygen atoms in total. The molecule has 1 aliphatic carbocycles. The first-order valence-electron chi connectivity index (χ1n) is 6.56. The molecular weight excluding hydrogens is 231 g/mol. The Morgan fingerprint density at radius 3 is 2.39 bits per heavy atom. The third-order valence-electron chi connectivity index (χ3n) is 3.79. The van der Waals surface area contributed by atoms with E-state index in [0.29, 0.717) is 24.0 Å². The Bertz CT molecular complexity index is 446. The van der Waals surface area contributed by atoms with Crippen molar-refractivity contribution in [3.05, 3.63) is 35.1 Å². The lowest BCUT2D eigenvalue weighted by molar-refractivity contribution is 0.0237. The first-order valence-corrected chi connectivity index (χ1v) is 6.56. The van der Waals surface area contributed by atoms with E-state index in [0.717, 1.165) is 25.7 Å². The molecule has 1 aliphatic rings. The van der Waals surface area contributed by atoms with Crippen LogP contribution in [0.3, 0.4) is 0 Å². The second kappa shape index (κ2) is 5.19. The average Bonchev–Trinajstić information content (AvgIpc) is 2.54. The highest BCUT2D eigenvalue weighted by Crippen LogP contribution is 2.31. The molecule has 0 aromatic heterocycles. The van der Waals surface area contributed by atoms with Crippen molar-refractivity contribution >= 4 is 5.78 Å². The third-order valence-corrected chi connectivity index (χ3v) is 3.79. The fourth-order valence-corrected chi connectivity index (χ4v) is 2.67. The van der Waals surface area contributed by atoms with Crippen LogP contribution in [0, 0.1) is 12.7 Å². The Kier molecular flexibility index (Phi) is 3.81. The van der Waals surface area contributed by atoms with Crippen molar-refractivity contribution in [1.82, 2.24) is 0 Å². The molecule has 0 bridgehead atoms. The zero-order valence-electron chi connectivity index (χ0n) is 10.7. The van der Waals surface area contributed by atoms with Gasteiger partial charge in [0.15, 0.2) is 5.78 Å². The van der Waals surface area contributed by atoms with Gasteiger partial charge in [0.2, 0.25) is 0 Å². The zero-order valence-corrected chi connectivity index (χ0v) is 10.7. The molecule has 3 heteroatoms. The van der Waals surface area contributed by atoms with Crippen molar-refractivity contribution in [1.29, 1.82) is 0 Å². The molecule has 0 unspecified atom stereocenters. The van der Waals surface area contributed by atoms with Crippen LogP contribution in [-0.4, -0.2) is 16.5 Å². The smallest absolute Gasteiger partial charge is 0.194 e. The third kappa shape index (κ3) is 2.61. The fourth-order valence-electron chi connectivity index (χ4n) is 2.67. The molecule has 18 heavy (non-hydrogen) atoms. The van der Waals surface area contributed by atoms with Crippen LogP contribution in [-0.2, 0) is 0 Å². The maximum absolute atomic E-state index is 13.0. The van der Waals surface area contributed by atoms with E-state index in [2.05, 4.69) is 0 Å². The minimum Gasteiger partial charge on any atom is -0.382 e. The van der Waals surface area contributed by atoms with Gasteiger partial charge in [0.25, 0.3) is 0 Å². The van der Waals surface area contributed by atoms with Gasteiger partial charge in [-0.05, 0) is 43.5 Å². The number of aliphatic hydroxyl groups is 1. The van der Waals surface area contributed by atoms with Gasteiger partial charge in [0.05, 0.1) is 0 Å². The number of Topliss-reactive ketones (excluding diaryl/α,β-unsaturated/α-hetero) is 1. The van der Waals surface area contributed by atoms with Gasteiger partial charge < -0.3 is 5.11 Å². The van der Waals surface area contributed by atoms with Crippen molar-refractivity contribution in [2.75, 3.05) is 0 Å². The van der Waals surface area contributed by atoms with E-state index in [1.165, 1.54) is 18.2 Å². The maximum Gasteiger partial charge on any atom is 0.194 e. The van der Waals surface area contributed by atoms with Crippen LogP contribution in [0.1, 0.15) is 54.4 Å². The quantitative estimate of drug-likeness (QED) is 0.645. The molecular formula is C15H19FO2. The van der Waals surface area contributed by atoms with E-state index in [1.54, 1.807) is 6.92 Å². The first kappa shape index (κ1) is 13.2. The summed E-state index contributed by atoms with van der Waals surface area (Å²) in [7, 11) is 0. The van der Waals surface area contributed by atoms with Crippen LogP contribution in [0.25, 0.3) is 0 Å². The van der Waals surface area contributed by atoms with Gasteiger partial charge in [-0.15, -0.1) is 0 Å². The molecule has 0 saturated heterocycles. The number of hydrogen-bond donors (Lipinski definition) is 1. The van der Waals surface area contributed by atoms with Crippen LogP contribution in [0.4, 0.5) is 4.39 Å². The van der Waals surface area contributed by atoms with Crippen LogP contribution in [0.2, 0.25) is 0 Å². The normalized spacial score (nSPS) is 19.3. The average molecular weight is 250 g/mol. The summed E-state index contributed by atoms with van der Waals surface area (Å²) in [5, 5.41) is 10.5. The lowest BCUT2D eigenvalue weighted by Gasteiger charge is -2.25. The molecule has 1 fully saturated rings. The second-order valence-electron chi connectivity index (χ2n) is 5.23. The standard InChI is InChI=1S/C15H19FO2/c1-11-10-12(16)6-7-13(11)14(17)15(18)8-4-2-3-5-9-15/h6-7,10,18H,2-5,8-9H2,1H3. The second-order valence-corrected chi connectivity index (χ2v) is 5.23. The molecule has 2 rings (SSSR count). The number of rotatable bonds is 2. The Balaban J connectivity index is 2.29. The number of hydrogen-bond acceptors (Lipinski definition) is 2. The van der Waals surface area contributed by atoms with Gasteiger partial charge in [-0.1, -0.05) is 25.7 Å². The summed E-state index contributed by atoms with van der Waals surface area (Å²) in [5.74, 6) is -0.598. The van der Waals surface area contributed by atoms with Crippen LogP contribution in [0.15, 0.2) is 18.2 Å². The molecule has 0 amide bonds. The van der Waals surface area contributed by atoms with Crippen LogP contribution >= 0.6 is 0 Å². The summed E-state index contributed by atoms with van der Waals surface area (Å²) in [6.07, 6.45) is 4.92. The van der Waals surface area contributed by atoms with Gasteiger partial charge in [-0.25, -0.2) is 4.39 Å². The summed E-state index contributed by atoms with van der Waals surface area (Å²) in [6, 6.07) is 4.10. The van der Waals surface area contributed by atoms with Gasteiger partial charge in [-0.3, -0.25) is 4.79 Å². The minimum atomic E-state index is -1.25. The van der Waals surface area contributed by atoms with E-state index in [9.17, 15) is 14.3 Å². The summed E-state index contributed by atoms with van der Waals surface area (Å²) < 4.78 is 13.0. The molecule has 1 aromatic rings. The molecule has 0 aliphatic heterocycles. The van der Waals surface area contributed by atoms with Gasteiger partial charge in [0.1, 0.15) is 11.4 Å². The lowest BCUT2D eigenvalue weighted by atomic mass is 9.85. The molecule has 1 saturated carbocycles. The predicted molar refractivity (Wildman–Crippen MR) is 68.1 cm³/mol. The van der Waals surface area contributed by atoms with Crippen molar-refractivity contribution in [3.63, 3.8) is 0 Å². The number of halogens is 1. The number of aryl methyl sites for hydroxylation is 1. The maximum atomic E-state index is 13.0. The number of benzene rings is 1. The van der Waals surface area contributed by atoms with Gasteiger partial charge >= 0.3 is 0 Å². The monoisotopic (exact) mass is 250 g/mol. The number of ketones is 1. The van der Waals surface area contributed by atoms with Crippen molar-refractivity contribution in [3.8, 4) is 0 Å². The summed E-state index contributed by atoms with van der Waals surface area (Å²) in [6.45, 7) is 1.70. The van der Waals surface area contributed by atoms with E-state index in [-0.39, 0.29) is 11.6 Å². The van der Waals surface area contributed by atoms with E-state index >= 15 is 0 Å². The predicted octanol–water partition coefficient (Wildman–Crippen LogP) is 3.40. The molecule has 0 atom stereocenters. The molecule has 0 radical (unpaired) electrons. The Hall–Kier alpha value is -1.22. The van der Waals surface area contributed by atoms with Gasteiger partial charge in [-0.2, -0.15) is 0 Å². The minimum absolute atomic E-state index is 0.248. The SMILES string of the molecule is Cc1cc(F)ccc1C(=O)C1(O)CCCCCC1. The Morgan fingerprint density at radius 1 is 1.22 bits per heavy atom. The largest absolute Gasteiger partial charge is 0.382 e. The van der Waals surface area contributed by atoms with Crippen LogP contribution < -0.4 is 0 Å². The van der Waals surface area contributed by atoms with Crippen molar-refractivity contribution in [2.45, 2.75) is 51.0 Å². The number of carbonyl (C=O) groups excluding carboxylic acids is 1. The summed E-state index contributed by atoms with van der Waals surface area (Å²) >= 11 is 0. The topological polar surface area (TPSA) is 37.3 Å². The van der Waals surface area contributed by atoms with Crippen molar-refractivity contribution in [2.24, 2.45) is 0 Å². The fraction of sp³-hybridized carbons (Fsp3) is 0.533. The van der Waals surface area contributed by atoms with E-state index in [4.69, 9.17) is 0 Å². The molecule has 1 N–H and O–H groups in total. The number of carbonyl (C=O) groups is 1. The highest BCUT2D eigenvalue weighted by atomic mass is 19.1. The first-order chi connectivity index (χ1) is 8.53.